The van der Waals surface area contributed by atoms with Gasteiger partial charge in [0.2, 0.25) is 0 Å². The van der Waals surface area contributed by atoms with Gasteiger partial charge in [0.1, 0.15) is 5.75 Å². The number of nitrogens with zero attached hydrogens (tertiary/aromatic N) is 1. The molecule has 0 amide bonds. The summed E-state index contributed by atoms with van der Waals surface area (Å²) in [5.74, 6) is 0.777. The number of hydrogen-bond acceptors (Lipinski definition) is 4. The van der Waals surface area contributed by atoms with Crippen LogP contribution in [0.2, 0.25) is 0 Å². The van der Waals surface area contributed by atoms with Crippen LogP contribution in [-0.4, -0.2) is 31.3 Å². The average molecular weight is 252 g/mol. The molecule has 0 aliphatic rings. The Bertz CT molecular complexity index is 344. The monoisotopic (exact) mass is 252 g/mol. The molecule has 0 saturated heterocycles. The highest BCUT2D eigenvalue weighted by molar-refractivity contribution is 5.26. The second kappa shape index (κ2) is 8.06. The fraction of sp³-hybridized carbons (Fsp3) is 0.643. The molecule has 0 aromatic carbocycles. The lowest BCUT2D eigenvalue weighted by atomic mass is 10.0. The van der Waals surface area contributed by atoms with Crippen molar-refractivity contribution >= 4 is 0 Å². The maximum atomic E-state index is 5.70. The van der Waals surface area contributed by atoms with Crippen LogP contribution in [0.4, 0.5) is 0 Å². The van der Waals surface area contributed by atoms with Gasteiger partial charge in [-0.3, -0.25) is 4.98 Å². The van der Waals surface area contributed by atoms with E-state index < -0.39 is 0 Å². The van der Waals surface area contributed by atoms with Crippen molar-refractivity contribution in [3.05, 3.63) is 24.0 Å². The number of aromatic nitrogens is 1. The molecule has 1 aromatic heterocycles. The minimum Gasteiger partial charge on any atom is -0.495 e. The summed E-state index contributed by atoms with van der Waals surface area (Å²) in [6.07, 6.45) is 4.78. The fourth-order valence-corrected chi connectivity index (χ4v) is 1.93. The number of hydrogen-bond donors (Lipinski definition) is 1. The molecule has 4 heteroatoms. The van der Waals surface area contributed by atoms with E-state index in [1.807, 2.05) is 19.2 Å². The van der Waals surface area contributed by atoms with Crippen LogP contribution in [0.1, 0.15) is 38.8 Å². The number of rotatable bonds is 8. The van der Waals surface area contributed by atoms with Gasteiger partial charge in [0, 0.05) is 12.8 Å². The first-order chi connectivity index (χ1) is 8.72. The second-order valence-corrected chi connectivity index (χ2v) is 4.25. The summed E-state index contributed by atoms with van der Waals surface area (Å²) < 4.78 is 10.9. The molecular weight excluding hydrogens is 228 g/mol. The molecule has 1 heterocycles. The Morgan fingerprint density at radius 3 is 2.72 bits per heavy atom. The van der Waals surface area contributed by atoms with Gasteiger partial charge in [-0.15, -0.1) is 0 Å². The van der Waals surface area contributed by atoms with Crippen LogP contribution in [-0.2, 0) is 4.74 Å². The lowest BCUT2D eigenvalue weighted by molar-refractivity contribution is 0.0471. The average Bonchev–Trinajstić information content (AvgIpc) is 2.40. The molecule has 18 heavy (non-hydrogen) atoms. The molecule has 1 aromatic rings. The Kier molecular flexibility index (Phi) is 6.68. The molecule has 2 atom stereocenters. The summed E-state index contributed by atoms with van der Waals surface area (Å²) in [5.41, 5.74) is 1.10. The molecule has 0 spiro atoms. The second-order valence-electron chi connectivity index (χ2n) is 4.25. The van der Waals surface area contributed by atoms with Gasteiger partial charge >= 0.3 is 0 Å². The minimum atomic E-state index is 0.107. The highest BCUT2D eigenvalue weighted by Crippen LogP contribution is 2.22. The first-order valence-corrected chi connectivity index (χ1v) is 6.56. The van der Waals surface area contributed by atoms with E-state index in [1.165, 1.54) is 0 Å². The van der Waals surface area contributed by atoms with E-state index in [0.717, 1.165) is 24.3 Å². The molecule has 0 aliphatic carbocycles. The Hall–Kier alpha value is -1.13. The highest BCUT2D eigenvalue weighted by Gasteiger charge is 2.19. The van der Waals surface area contributed by atoms with Crippen LogP contribution in [0.3, 0.4) is 0 Å². The van der Waals surface area contributed by atoms with Gasteiger partial charge in [-0.25, -0.2) is 0 Å². The standard InChI is InChI=1S/C14H24N2O2/c1-5-7-16-14(11(3)18-6-2)12-8-13(17-4)10-15-9-12/h8-11,14,16H,5-7H2,1-4H3. The van der Waals surface area contributed by atoms with E-state index in [1.54, 1.807) is 13.3 Å². The van der Waals surface area contributed by atoms with Crippen LogP contribution in [0, 0.1) is 0 Å². The smallest absolute Gasteiger partial charge is 0.137 e. The summed E-state index contributed by atoms with van der Waals surface area (Å²) in [7, 11) is 1.65. The van der Waals surface area contributed by atoms with Crippen molar-refractivity contribution in [1.82, 2.24) is 10.3 Å². The van der Waals surface area contributed by atoms with Gasteiger partial charge in [0.05, 0.1) is 25.5 Å². The molecule has 0 fully saturated rings. The molecular formula is C14H24N2O2. The Morgan fingerprint density at radius 1 is 1.33 bits per heavy atom. The fourth-order valence-electron chi connectivity index (χ4n) is 1.93. The predicted molar refractivity (Wildman–Crippen MR) is 72.9 cm³/mol. The van der Waals surface area contributed by atoms with Crippen molar-refractivity contribution in [2.24, 2.45) is 0 Å². The minimum absolute atomic E-state index is 0.107. The lowest BCUT2D eigenvalue weighted by Gasteiger charge is -2.25. The summed E-state index contributed by atoms with van der Waals surface area (Å²) in [6, 6.07) is 2.16. The molecule has 102 valence electrons. The van der Waals surface area contributed by atoms with E-state index in [4.69, 9.17) is 9.47 Å². The zero-order valence-electron chi connectivity index (χ0n) is 11.8. The van der Waals surface area contributed by atoms with E-state index in [-0.39, 0.29) is 12.1 Å². The van der Waals surface area contributed by atoms with Gasteiger partial charge < -0.3 is 14.8 Å². The van der Waals surface area contributed by atoms with Crippen molar-refractivity contribution in [1.29, 1.82) is 0 Å². The third kappa shape index (κ3) is 4.27. The van der Waals surface area contributed by atoms with Crippen molar-refractivity contribution in [3.63, 3.8) is 0 Å². The van der Waals surface area contributed by atoms with Crippen LogP contribution in [0.25, 0.3) is 0 Å². The number of methoxy groups -OCH3 is 1. The van der Waals surface area contributed by atoms with Gasteiger partial charge in [-0.05, 0) is 38.4 Å². The van der Waals surface area contributed by atoms with Crippen molar-refractivity contribution < 1.29 is 9.47 Å². The molecule has 0 radical (unpaired) electrons. The Balaban J connectivity index is 2.85. The summed E-state index contributed by atoms with van der Waals surface area (Å²) in [4.78, 5) is 4.21. The molecule has 2 unspecified atom stereocenters. The van der Waals surface area contributed by atoms with Crippen LogP contribution < -0.4 is 10.1 Å². The normalized spacial score (nSPS) is 14.2. The molecule has 1 rings (SSSR count). The van der Waals surface area contributed by atoms with E-state index in [0.29, 0.717) is 6.61 Å². The van der Waals surface area contributed by atoms with Gasteiger partial charge in [-0.2, -0.15) is 0 Å². The Morgan fingerprint density at radius 2 is 2.11 bits per heavy atom. The summed E-state index contributed by atoms with van der Waals surface area (Å²) >= 11 is 0. The zero-order chi connectivity index (χ0) is 13.4. The van der Waals surface area contributed by atoms with E-state index >= 15 is 0 Å². The van der Waals surface area contributed by atoms with Crippen LogP contribution in [0.5, 0.6) is 5.75 Å². The Labute approximate surface area is 110 Å². The molecule has 0 bridgehead atoms. The summed E-state index contributed by atoms with van der Waals surface area (Å²) in [6.45, 7) is 7.91. The maximum absolute atomic E-state index is 5.70. The van der Waals surface area contributed by atoms with Crippen LogP contribution in [0.15, 0.2) is 18.5 Å². The highest BCUT2D eigenvalue weighted by atomic mass is 16.5. The molecule has 0 aliphatic heterocycles. The van der Waals surface area contributed by atoms with Gasteiger partial charge in [-0.1, -0.05) is 6.92 Å². The largest absolute Gasteiger partial charge is 0.495 e. The summed E-state index contributed by atoms with van der Waals surface area (Å²) in [5, 5.41) is 3.50. The predicted octanol–water partition coefficient (Wildman–Crippen LogP) is 2.56. The zero-order valence-corrected chi connectivity index (χ0v) is 11.8. The van der Waals surface area contributed by atoms with Crippen molar-refractivity contribution in [2.75, 3.05) is 20.3 Å². The van der Waals surface area contributed by atoms with Crippen molar-refractivity contribution in [3.8, 4) is 5.75 Å². The first-order valence-electron chi connectivity index (χ1n) is 6.56. The number of pyridine rings is 1. The maximum Gasteiger partial charge on any atom is 0.137 e. The number of nitrogens with one attached hydrogen (secondary N) is 1. The number of ether oxygens (including phenoxy) is 2. The third-order valence-electron chi connectivity index (χ3n) is 2.84. The lowest BCUT2D eigenvalue weighted by Crippen LogP contribution is -2.32. The van der Waals surface area contributed by atoms with Crippen LogP contribution >= 0.6 is 0 Å². The van der Waals surface area contributed by atoms with E-state index in [2.05, 4.69) is 24.1 Å². The quantitative estimate of drug-likeness (QED) is 0.772. The van der Waals surface area contributed by atoms with Crippen molar-refractivity contribution in [2.45, 2.75) is 39.3 Å². The van der Waals surface area contributed by atoms with Gasteiger partial charge in [0.15, 0.2) is 0 Å². The molecule has 4 nitrogen and oxygen atoms in total. The van der Waals surface area contributed by atoms with E-state index in [9.17, 15) is 0 Å². The third-order valence-corrected chi connectivity index (χ3v) is 2.84. The molecule has 1 N–H and O–H groups in total. The van der Waals surface area contributed by atoms with Gasteiger partial charge in [0.25, 0.3) is 0 Å². The topological polar surface area (TPSA) is 43.4 Å². The molecule has 0 saturated carbocycles. The first kappa shape index (κ1) is 14.9. The SMILES string of the molecule is CCCNC(c1cncc(OC)c1)C(C)OCC.